The van der Waals surface area contributed by atoms with Gasteiger partial charge in [0.2, 0.25) is 5.95 Å². The van der Waals surface area contributed by atoms with E-state index in [0.717, 1.165) is 40.8 Å². The molecule has 0 saturated carbocycles. The van der Waals surface area contributed by atoms with E-state index in [2.05, 4.69) is 25.5 Å². The number of anilines is 2. The predicted molar refractivity (Wildman–Crippen MR) is 113 cm³/mol. The molecule has 0 fully saturated rings. The molecule has 0 radical (unpaired) electrons. The SMILES string of the molecule is CN(C)CCNc1nc(NCc2ccccc2Cl)cc(-c2ccccc2)n1. The molecule has 0 aliphatic rings. The fourth-order valence-electron chi connectivity index (χ4n) is 2.59. The number of halogens is 1. The Morgan fingerprint density at radius 1 is 0.926 bits per heavy atom. The highest BCUT2D eigenvalue weighted by molar-refractivity contribution is 6.31. The van der Waals surface area contributed by atoms with Crippen LogP contribution in [-0.2, 0) is 6.54 Å². The van der Waals surface area contributed by atoms with Crippen LogP contribution in [0.15, 0.2) is 60.7 Å². The lowest BCUT2D eigenvalue weighted by Crippen LogP contribution is -2.21. The molecule has 6 heteroatoms. The summed E-state index contributed by atoms with van der Waals surface area (Å²) in [7, 11) is 4.08. The molecule has 0 bridgehead atoms. The minimum Gasteiger partial charge on any atom is -0.366 e. The minimum atomic E-state index is 0.599. The van der Waals surface area contributed by atoms with Crippen LogP contribution in [0.2, 0.25) is 5.02 Å². The summed E-state index contributed by atoms with van der Waals surface area (Å²) >= 11 is 6.26. The van der Waals surface area contributed by atoms with Gasteiger partial charge < -0.3 is 15.5 Å². The number of likely N-dealkylation sites (N-methyl/N-ethyl adjacent to an activating group) is 1. The molecule has 0 amide bonds. The van der Waals surface area contributed by atoms with Crippen molar-refractivity contribution in [2.75, 3.05) is 37.8 Å². The van der Waals surface area contributed by atoms with Crippen LogP contribution in [0.5, 0.6) is 0 Å². The molecule has 140 valence electrons. The van der Waals surface area contributed by atoms with E-state index in [-0.39, 0.29) is 0 Å². The standard InChI is InChI=1S/C21H24ClN5/c1-27(2)13-12-23-21-25-19(16-8-4-3-5-9-16)14-20(26-21)24-15-17-10-6-7-11-18(17)22/h3-11,14H,12-13,15H2,1-2H3,(H2,23,24,25,26). The van der Waals surface area contributed by atoms with Crippen molar-refractivity contribution in [3.63, 3.8) is 0 Å². The summed E-state index contributed by atoms with van der Waals surface area (Å²) < 4.78 is 0. The molecular weight excluding hydrogens is 358 g/mol. The van der Waals surface area contributed by atoms with Gasteiger partial charge in [-0.3, -0.25) is 0 Å². The number of benzene rings is 2. The first-order valence-electron chi connectivity index (χ1n) is 8.92. The van der Waals surface area contributed by atoms with E-state index in [1.165, 1.54) is 0 Å². The molecule has 0 saturated heterocycles. The molecule has 0 spiro atoms. The second-order valence-electron chi connectivity index (χ2n) is 6.50. The van der Waals surface area contributed by atoms with Crippen LogP contribution in [0.4, 0.5) is 11.8 Å². The van der Waals surface area contributed by atoms with Crippen molar-refractivity contribution in [2.45, 2.75) is 6.54 Å². The predicted octanol–water partition coefficient (Wildman–Crippen LogP) is 4.38. The molecular formula is C21H24ClN5. The maximum Gasteiger partial charge on any atom is 0.225 e. The Kier molecular flexibility index (Phi) is 6.63. The maximum atomic E-state index is 6.26. The van der Waals surface area contributed by atoms with E-state index in [9.17, 15) is 0 Å². The van der Waals surface area contributed by atoms with Crippen LogP contribution in [-0.4, -0.2) is 42.1 Å². The number of hydrogen-bond acceptors (Lipinski definition) is 5. The second kappa shape index (κ2) is 9.35. The van der Waals surface area contributed by atoms with Gasteiger partial charge >= 0.3 is 0 Å². The van der Waals surface area contributed by atoms with Gasteiger partial charge in [0.15, 0.2) is 0 Å². The van der Waals surface area contributed by atoms with E-state index < -0.39 is 0 Å². The first kappa shape index (κ1) is 19.1. The highest BCUT2D eigenvalue weighted by atomic mass is 35.5. The Morgan fingerprint density at radius 2 is 1.67 bits per heavy atom. The Bertz CT molecular complexity index is 867. The highest BCUT2D eigenvalue weighted by Gasteiger charge is 2.08. The topological polar surface area (TPSA) is 53.1 Å². The van der Waals surface area contributed by atoms with E-state index in [4.69, 9.17) is 11.6 Å². The van der Waals surface area contributed by atoms with Crippen molar-refractivity contribution < 1.29 is 0 Å². The summed E-state index contributed by atoms with van der Waals surface area (Å²) in [5, 5.41) is 7.41. The van der Waals surface area contributed by atoms with Crippen LogP contribution in [0, 0.1) is 0 Å². The Morgan fingerprint density at radius 3 is 2.41 bits per heavy atom. The molecule has 3 aromatic rings. The monoisotopic (exact) mass is 381 g/mol. The van der Waals surface area contributed by atoms with E-state index in [1.807, 2.05) is 74.8 Å². The second-order valence-corrected chi connectivity index (χ2v) is 6.91. The third-order valence-electron chi connectivity index (χ3n) is 4.06. The number of hydrogen-bond donors (Lipinski definition) is 2. The summed E-state index contributed by atoms with van der Waals surface area (Å²) in [5.74, 6) is 1.37. The molecule has 2 aromatic carbocycles. The van der Waals surface area contributed by atoms with Crippen LogP contribution in [0.1, 0.15) is 5.56 Å². The lowest BCUT2D eigenvalue weighted by Gasteiger charge is -2.13. The van der Waals surface area contributed by atoms with Gasteiger partial charge in [0.05, 0.1) is 5.69 Å². The maximum absolute atomic E-state index is 6.26. The van der Waals surface area contributed by atoms with Crippen LogP contribution >= 0.6 is 11.6 Å². The minimum absolute atomic E-state index is 0.599. The van der Waals surface area contributed by atoms with Crippen molar-refractivity contribution in [3.8, 4) is 11.3 Å². The average Bonchev–Trinajstić information content (AvgIpc) is 2.68. The highest BCUT2D eigenvalue weighted by Crippen LogP contribution is 2.22. The molecule has 2 N–H and O–H groups in total. The lowest BCUT2D eigenvalue weighted by molar-refractivity contribution is 0.425. The summed E-state index contributed by atoms with van der Waals surface area (Å²) in [5.41, 5.74) is 2.96. The summed E-state index contributed by atoms with van der Waals surface area (Å²) in [6.07, 6.45) is 0. The first-order chi connectivity index (χ1) is 13.1. The lowest BCUT2D eigenvalue weighted by atomic mass is 10.1. The Balaban J connectivity index is 1.81. The van der Waals surface area contributed by atoms with Crippen molar-refractivity contribution in [1.82, 2.24) is 14.9 Å². The molecule has 1 heterocycles. The molecule has 0 aliphatic carbocycles. The molecule has 0 atom stereocenters. The fraction of sp³-hybridized carbons (Fsp3) is 0.238. The average molecular weight is 382 g/mol. The van der Waals surface area contributed by atoms with Gasteiger partial charge in [0.25, 0.3) is 0 Å². The first-order valence-corrected chi connectivity index (χ1v) is 9.30. The molecule has 5 nitrogen and oxygen atoms in total. The van der Waals surface area contributed by atoms with Gasteiger partial charge in [-0.15, -0.1) is 0 Å². The number of rotatable bonds is 8. The summed E-state index contributed by atoms with van der Waals surface area (Å²) in [4.78, 5) is 11.4. The number of nitrogens with zero attached hydrogens (tertiary/aromatic N) is 3. The summed E-state index contributed by atoms with van der Waals surface area (Å²) in [6.45, 7) is 2.28. The summed E-state index contributed by atoms with van der Waals surface area (Å²) in [6, 6.07) is 19.9. The van der Waals surface area contributed by atoms with Crippen LogP contribution in [0.25, 0.3) is 11.3 Å². The van der Waals surface area contributed by atoms with E-state index in [0.29, 0.717) is 12.5 Å². The fourth-order valence-corrected chi connectivity index (χ4v) is 2.80. The normalized spacial score (nSPS) is 10.8. The van der Waals surface area contributed by atoms with E-state index in [1.54, 1.807) is 0 Å². The van der Waals surface area contributed by atoms with Gasteiger partial charge in [-0.25, -0.2) is 4.98 Å². The van der Waals surface area contributed by atoms with Gasteiger partial charge in [0.1, 0.15) is 5.82 Å². The molecule has 27 heavy (non-hydrogen) atoms. The van der Waals surface area contributed by atoms with Gasteiger partial charge in [-0.1, -0.05) is 60.1 Å². The van der Waals surface area contributed by atoms with Gasteiger partial charge in [-0.2, -0.15) is 4.98 Å². The zero-order chi connectivity index (χ0) is 19.1. The Labute approximate surface area is 165 Å². The van der Waals surface area contributed by atoms with Gasteiger partial charge in [0, 0.05) is 36.3 Å². The zero-order valence-corrected chi connectivity index (χ0v) is 16.4. The molecule has 0 unspecified atom stereocenters. The largest absolute Gasteiger partial charge is 0.366 e. The van der Waals surface area contributed by atoms with Gasteiger partial charge in [-0.05, 0) is 25.7 Å². The number of aromatic nitrogens is 2. The molecule has 0 aliphatic heterocycles. The Hall–Kier alpha value is -2.63. The smallest absolute Gasteiger partial charge is 0.225 e. The third-order valence-corrected chi connectivity index (χ3v) is 4.42. The molecule has 3 rings (SSSR count). The quantitative estimate of drug-likeness (QED) is 0.606. The van der Waals surface area contributed by atoms with E-state index >= 15 is 0 Å². The van der Waals surface area contributed by atoms with Crippen molar-refractivity contribution >= 4 is 23.4 Å². The third kappa shape index (κ3) is 5.67. The number of nitrogens with one attached hydrogen (secondary N) is 2. The van der Waals surface area contributed by atoms with Crippen molar-refractivity contribution in [1.29, 1.82) is 0 Å². The zero-order valence-electron chi connectivity index (χ0n) is 15.6. The van der Waals surface area contributed by atoms with Crippen molar-refractivity contribution in [3.05, 3.63) is 71.2 Å². The van der Waals surface area contributed by atoms with Crippen molar-refractivity contribution in [2.24, 2.45) is 0 Å². The molecule has 1 aromatic heterocycles. The van der Waals surface area contributed by atoms with Crippen LogP contribution < -0.4 is 10.6 Å². The van der Waals surface area contributed by atoms with Crippen LogP contribution in [0.3, 0.4) is 0 Å².